The number of carbonyl (C=O) groups is 1. The van der Waals surface area contributed by atoms with Crippen LogP contribution in [0.25, 0.3) is 0 Å². The second-order valence-electron chi connectivity index (χ2n) is 4.49. The first kappa shape index (κ1) is 12.6. The molecule has 6 nitrogen and oxygen atoms in total. The van der Waals surface area contributed by atoms with Crippen LogP contribution < -0.4 is 5.32 Å². The van der Waals surface area contributed by atoms with Crippen LogP contribution in [0.2, 0.25) is 0 Å². The van der Waals surface area contributed by atoms with E-state index in [0.29, 0.717) is 11.7 Å². The van der Waals surface area contributed by atoms with Crippen LogP contribution in [0.1, 0.15) is 45.3 Å². The summed E-state index contributed by atoms with van der Waals surface area (Å²) in [5.74, 6) is 0.289. The standard InChI is InChI=1S/C10H17N3O3/c1-6(2)8-12-7(13-16-8)5-11-10(3,4)9(14)15/h6,11H,5H2,1-4H3,(H,14,15). The molecule has 90 valence electrons. The highest BCUT2D eigenvalue weighted by Crippen LogP contribution is 2.11. The Bertz CT molecular complexity index is 371. The molecule has 0 unspecified atom stereocenters. The van der Waals surface area contributed by atoms with Crippen molar-refractivity contribution < 1.29 is 14.4 Å². The van der Waals surface area contributed by atoms with E-state index >= 15 is 0 Å². The average molecular weight is 227 g/mol. The summed E-state index contributed by atoms with van der Waals surface area (Å²) in [5, 5.41) is 15.5. The maximum atomic E-state index is 10.8. The van der Waals surface area contributed by atoms with Crippen LogP contribution in [-0.4, -0.2) is 26.8 Å². The van der Waals surface area contributed by atoms with E-state index in [9.17, 15) is 4.79 Å². The molecular formula is C10H17N3O3. The lowest BCUT2D eigenvalue weighted by molar-refractivity contribution is -0.143. The van der Waals surface area contributed by atoms with Crippen molar-refractivity contribution in [1.82, 2.24) is 15.5 Å². The molecule has 0 aromatic carbocycles. The number of hydrogen-bond donors (Lipinski definition) is 2. The third-order valence-electron chi connectivity index (χ3n) is 2.20. The van der Waals surface area contributed by atoms with Crippen LogP contribution >= 0.6 is 0 Å². The molecule has 0 aliphatic carbocycles. The molecule has 0 spiro atoms. The normalized spacial score (nSPS) is 12.1. The number of rotatable bonds is 5. The summed E-state index contributed by atoms with van der Waals surface area (Å²) in [6, 6.07) is 0. The number of hydrogen-bond acceptors (Lipinski definition) is 5. The molecule has 0 aliphatic rings. The molecule has 16 heavy (non-hydrogen) atoms. The summed E-state index contributed by atoms with van der Waals surface area (Å²) in [5.41, 5.74) is -1.00. The van der Waals surface area contributed by atoms with E-state index in [0.717, 1.165) is 0 Å². The molecule has 0 fully saturated rings. The Morgan fingerprint density at radius 2 is 2.19 bits per heavy atom. The smallest absolute Gasteiger partial charge is 0.323 e. The van der Waals surface area contributed by atoms with Crippen molar-refractivity contribution in [3.05, 3.63) is 11.7 Å². The highest BCUT2D eigenvalue weighted by molar-refractivity contribution is 5.77. The lowest BCUT2D eigenvalue weighted by Gasteiger charge is -2.19. The van der Waals surface area contributed by atoms with Gasteiger partial charge in [-0.15, -0.1) is 0 Å². The maximum Gasteiger partial charge on any atom is 0.323 e. The molecule has 0 bridgehead atoms. The minimum absolute atomic E-state index is 0.175. The van der Waals surface area contributed by atoms with Crippen LogP contribution in [-0.2, 0) is 11.3 Å². The van der Waals surface area contributed by atoms with Crippen LogP contribution in [0.4, 0.5) is 0 Å². The number of carboxylic acid groups (broad SMARTS) is 1. The fourth-order valence-corrected chi connectivity index (χ4v) is 0.949. The van der Waals surface area contributed by atoms with Crippen molar-refractivity contribution in [2.75, 3.05) is 0 Å². The zero-order valence-electron chi connectivity index (χ0n) is 9.94. The van der Waals surface area contributed by atoms with Gasteiger partial charge in [0.15, 0.2) is 5.82 Å². The molecule has 1 aromatic heterocycles. The van der Waals surface area contributed by atoms with Crippen molar-refractivity contribution in [3.8, 4) is 0 Å². The minimum Gasteiger partial charge on any atom is -0.480 e. The lowest BCUT2D eigenvalue weighted by Crippen LogP contribution is -2.46. The fraction of sp³-hybridized carbons (Fsp3) is 0.700. The monoisotopic (exact) mass is 227 g/mol. The lowest BCUT2D eigenvalue weighted by atomic mass is 10.1. The largest absolute Gasteiger partial charge is 0.480 e. The van der Waals surface area contributed by atoms with Crippen LogP contribution in [0, 0.1) is 0 Å². The number of nitrogens with zero attached hydrogens (tertiary/aromatic N) is 2. The van der Waals surface area contributed by atoms with Crippen molar-refractivity contribution in [1.29, 1.82) is 0 Å². The van der Waals surface area contributed by atoms with E-state index in [2.05, 4.69) is 15.5 Å². The van der Waals surface area contributed by atoms with Gasteiger partial charge in [0, 0.05) is 5.92 Å². The molecule has 6 heteroatoms. The zero-order valence-corrected chi connectivity index (χ0v) is 9.94. The zero-order chi connectivity index (χ0) is 12.3. The van der Waals surface area contributed by atoms with E-state index in [1.807, 2.05) is 13.8 Å². The molecule has 1 heterocycles. The van der Waals surface area contributed by atoms with Gasteiger partial charge in [-0.3, -0.25) is 10.1 Å². The van der Waals surface area contributed by atoms with Gasteiger partial charge in [-0.05, 0) is 13.8 Å². The van der Waals surface area contributed by atoms with Gasteiger partial charge in [-0.25, -0.2) is 0 Å². The minimum atomic E-state index is -1.00. The number of nitrogens with one attached hydrogen (secondary N) is 1. The van der Waals surface area contributed by atoms with Gasteiger partial charge in [-0.2, -0.15) is 4.98 Å². The summed E-state index contributed by atoms with van der Waals surface area (Å²) < 4.78 is 5.00. The highest BCUT2D eigenvalue weighted by atomic mass is 16.5. The maximum absolute atomic E-state index is 10.8. The molecule has 0 saturated heterocycles. The molecule has 0 amide bonds. The highest BCUT2D eigenvalue weighted by Gasteiger charge is 2.26. The fourth-order valence-electron chi connectivity index (χ4n) is 0.949. The first-order valence-electron chi connectivity index (χ1n) is 5.14. The van der Waals surface area contributed by atoms with Crippen molar-refractivity contribution in [2.24, 2.45) is 0 Å². The van der Waals surface area contributed by atoms with Gasteiger partial charge < -0.3 is 9.63 Å². The predicted molar refractivity (Wildman–Crippen MR) is 56.9 cm³/mol. The molecule has 1 aromatic rings. The van der Waals surface area contributed by atoms with Gasteiger partial charge >= 0.3 is 5.97 Å². The van der Waals surface area contributed by atoms with E-state index in [1.54, 1.807) is 13.8 Å². The van der Waals surface area contributed by atoms with Gasteiger partial charge in [0.25, 0.3) is 0 Å². The topological polar surface area (TPSA) is 88.2 Å². The predicted octanol–water partition coefficient (Wildman–Crippen LogP) is 1.15. The van der Waals surface area contributed by atoms with Crippen molar-refractivity contribution >= 4 is 5.97 Å². The molecule has 0 saturated carbocycles. The molecule has 2 N–H and O–H groups in total. The van der Waals surface area contributed by atoms with Gasteiger partial charge in [0.2, 0.25) is 5.89 Å². The molecule has 1 rings (SSSR count). The second kappa shape index (κ2) is 4.61. The number of aliphatic carboxylic acids is 1. The number of aromatic nitrogens is 2. The Morgan fingerprint density at radius 1 is 1.56 bits per heavy atom. The molecule has 0 radical (unpaired) electrons. The second-order valence-corrected chi connectivity index (χ2v) is 4.49. The van der Waals surface area contributed by atoms with E-state index in [4.69, 9.17) is 9.63 Å². The quantitative estimate of drug-likeness (QED) is 0.784. The summed E-state index contributed by atoms with van der Waals surface area (Å²) >= 11 is 0. The van der Waals surface area contributed by atoms with Crippen LogP contribution in [0.3, 0.4) is 0 Å². The Balaban J connectivity index is 2.58. The van der Waals surface area contributed by atoms with Crippen LogP contribution in [0.15, 0.2) is 4.52 Å². The summed E-state index contributed by atoms with van der Waals surface area (Å²) in [7, 11) is 0. The third kappa shape index (κ3) is 3.03. The van der Waals surface area contributed by atoms with Crippen molar-refractivity contribution in [2.45, 2.75) is 45.7 Å². The first-order valence-corrected chi connectivity index (χ1v) is 5.14. The van der Waals surface area contributed by atoms with E-state index in [-0.39, 0.29) is 12.5 Å². The summed E-state index contributed by atoms with van der Waals surface area (Å²) in [4.78, 5) is 15.0. The van der Waals surface area contributed by atoms with Gasteiger partial charge in [-0.1, -0.05) is 19.0 Å². The van der Waals surface area contributed by atoms with Gasteiger partial charge in [0.05, 0.1) is 6.54 Å². The molecule has 0 aliphatic heterocycles. The Labute approximate surface area is 94.0 Å². The Hall–Kier alpha value is -1.43. The van der Waals surface area contributed by atoms with Crippen LogP contribution in [0.5, 0.6) is 0 Å². The number of carboxylic acids is 1. The SMILES string of the molecule is CC(C)c1nc(CNC(C)(C)C(=O)O)no1. The summed E-state index contributed by atoms with van der Waals surface area (Å²) in [6.07, 6.45) is 0. The third-order valence-corrected chi connectivity index (χ3v) is 2.20. The summed E-state index contributed by atoms with van der Waals surface area (Å²) in [6.45, 7) is 7.34. The van der Waals surface area contributed by atoms with E-state index < -0.39 is 11.5 Å². The Kier molecular flexibility index (Phi) is 3.64. The van der Waals surface area contributed by atoms with E-state index in [1.165, 1.54) is 0 Å². The van der Waals surface area contributed by atoms with Gasteiger partial charge in [0.1, 0.15) is 5.54 Å². The Morgan fingerprint density at radius 3 is 2.62 bits per heavy atom. The van der Waals surface area contributed by atoms with Crippen molar-refractivity contribution in [3.63, 3.8) is 0 Å². The molecule has 0 atom stereocenters. The first-order chi connectivity index (χ1) is 7.33. The average Bonchev–Trinajstić information content (AvgIpc) is 2.63. The molecular weight excluding hydrogens is 210 g/mol.